The van der Waals surface area contributed by atoms with Gasteiger partial charge in [0.2, 0.25) is 5.88 Å². The second-order valence-electron chi connectivity index (χ2n) is 10.5. The maximum atomic E-state index is 13.4. The Bertz CT molecular complexity index is 1280. The van der Waals surface area contributed by atoms with Crippen LogP contribution >= 0.6 is 11.9 Å². The van der Waals surface area contributed by atoms with Gasteiger partial charge in [-0.15, -0.1) is 0 Å². The van der Waals surface area contributed by atoms with Gasteiger partial charge in [-0.05, 0) is 61.8 Å². The number of likely N-dealkylation sites (N-methyl/N-ethyl adjacent to an activating group) is 1. The first kappa shape index (κ1) is 30.2. The number of carbonyl (C=O) groups excluding carboxylic acids is 1. The molecule has 1 aromatic heterocycles. The van der Waals surface area contributed by atoms with Gasteiger partial charge in [-0.2, -0.15) is 0 Å². The average molecular weight is 553 g/mol. The number of nitrogens with zero attached hydrogens (tertiary/aromatic N) is 3. The normalized spacial score (nSPS) is 11.4. The van der Waals surface area contributed by atoms with Crippen molar-refractivity contribution in [3.63, 3.8) is 0 Å². The molecule has 2 aromatic carbocycles. The molecule has 1 amide bonds. The Labute approximate surface area is 236 Å². The van der Waals surface area contributed by atoms with Crippen molar-refractivity contribution in [3.05, 3.63) is 65.1 Å². The first-order valence-corrected chi connectivity index (χ1v) is 14.0. The Kier molecular flexibility index (Phi) is 10.6. The van der Waals surface area contributed by atoms with Gasteiger partial charge in [0.25, 0.3) is 5.91 Å². The number of nitrogens with one attached hydrogen (secondary N) is 3. The molecule has 0 saturated carbocycles. The fraction of sp³-hybridized carbons (Fsp3) is 0.414. The van der Waals surface area contributed by atoms with Crippen LogP contribution < -0.4 is 24.8 Å². The third kappa shape index (κ3) is 8.58. The summed E-state index contributed by atoms with van der Waals surface area (Å²) < 4.78 is 15.0. The average Bonchev–Trinajstić information content (AvgIpc) is 2.87. The molecule has 0 atom stereocenters. The van der Waals surface area contributed by atoms with Crippen molar-refractivity contribution in [2.24, 2.45) is 0 Å². The van der Waals surface area contributed by atoms with Crippen LogP contribution in [0.25, 0.3) is 0 Å². The lowest BCUT2D eigenvalue weighted by atomic mass is 9.86. The molecule has 3 rings (SSSR count). The van der Waals surface area contributed by atoms with Gasteiger partial charge in [-0.3, -0.25) is 4.79 Å². The van der Waals surface area contributed by atoms with E-state index < -0.39 is 0 Å². The van der Waals surface area contributed by atoms with E-state index in [9.17, 15) is 4.79 Å². The van der Waals surface area contributed by atoms with Crippen molar-refractivity contribution in [2.45, 2.75) is 39.7 Å². The fourth-order valence-corrected chi connectivity index (χ4v) is 4.14. The largest absolute Gasteiger partial charge is 0.492 e. The van der Waals surface area contributed by atoms with Gasteiger partial charge in [0.15, 0.2) is 5.75 Å². The number of rotatable bonds is 12. The van der Waals surface area contributed by atoms with E-state index in [0.717, 1.165) is 35.6 Å². The molecular weight excluding hydrogens is 512 g/mol. The molecule has 3 aromatic rings. The molecule has 10 heteroatoms. The minimum Gasteiger partial charge on any atom is -0.492 e. The van der Waals surface area contributed by atoms with Crippen molar-refractivity contribution in [2.75, 3.05) is 50.6 Å². The summed E-state index contributed by atoms with van der Waals surface area (Å²) in [6.45, 7) is 10.7. The molecule has 0 bridgehead atoms. The maximum Gasteiger partial charge on any atom is 0.255 e. The molecule has 0 fully saturated rings. The zero-order valence-corrected chi connectivity index (χ0v) is 25.0. The van der Waals surface area contributed by atoms with Crippen molar-refractivity contribution < 1.29 is 14.3 Å². The van der Waals surface area contributed by atoms with Gasteiger partial charge in [0.05, 0.1) is 24.2 Å². The van der Waals surface area contributed by atoms with Gasteiger partial charge in [-0.1, -0.05) is 38.8 Å². The summed E-state index contributed by atoms with van der Waals surface area (Å²) in [7, 11) is 5.67. The van der Waals surface area contributed by atoms with E-state index in [2.05, 4.69) is 57.1 Å². The lowest BCUT2D eigenvalue weighted by Gasteiger charge is -2.24. The zero-order valence-electron chi connectivity index (χ0n) is 24.1. The first-order chi connectivity index (χ1) is 18.5. The molecule has 0 unspecified atom stereocenters. The molecule has 0 aliphatic heterocycles. The summed E-state index contributed by atoms with van der Waals surface area (Å²) in [5.74, 6) is 1.27. The van der Waals surface area contributed by atoms with Crippen molar-refractivity contribution in [1.29, 1.82) is 0 Å². The SMILES string of the molecule is COc1c(NSC)cc(C(C)(C)C)cc1NC(=O)c1ccc(C)c(Oc2cc(CNCCN(C)C)ncn2)c1. The number of ether oxygens (including phenoxy) is 2. The Hall–Kier alpha value is -3.34. The smallest absolute Gasteiger partial charge is 0.255 e. The van der Waals surface area contributed by atoms with Crippen molar-refractivity contribution in [3.8, 4) is 17.4 Å². The summed E-state index contributed by atoms with van der Waals surface area (Å²) in [6, 6.07) is 11.2. The van der Waals surface area contributed by atoms with Crippen molar-refractivity contribution >= 4 is 29.2 Å². The molecule has 0 aliphatic rings. The van der Waals surface area contributed by atoms with Crippen LogP contribution in [0.5, 0.6) is 17.4 Å². The van der Waals surface area contributed by atoms with Crippen molar-refractivity contribution in [1.82, 2.24) is 20.2 Å². The number of aryl methyl sites for hydroxylation is 1. The van der Waals surface area contributed by atoms with Gasteiger partial charge >= 0.3 is 0 Å². The zero-order chi connectivity index (χ0) is 28.6. The Balaban J connectivity index is 1.81. The minimum absolute atomic E-state index is 0.121. The summed E-state index contributed by atoms with van der Waals surface area (Å²) in [5, 5.41) is 6.40. The topological polar surface area (TPSA) is 101 Å². The number of benzene rings is 2. The van der Waals surface area contributed by atoms with E-state index in [1.54, 1.807) is 25.3 Å². The number of hydrogen-bond acceptors (Lipinski definition) is 9. The van der Waals surface area contributed by atoms with E-state index >= 15 is 0 Å². The highest BCUT2D eigenvalue weighted by atomic mass is 32.2. The molecule has 9 nitrogen and oxygen atoms in total. The van der Waals surface area contributed by atoms with E-state index in [1.807, 2.05) is 39.4 Å². The summed E-state index contributed by atoms with van der Waals surface area (Å²) >= 11 is 1.46. The monoisotopic (exact) mass is 552 g/mol. The van der Waals surface area contributed by atoms with Gasteiger partial charge in [0.1, 0.15) is 12.1 Å². The molecule has 0 radical (unpaired) electrons. The summed E-state index contributed by atoms with van der Waals surface area (Å²) in [4.78, 5) is 24.1. The van der Waals surface area contributed by atoms with E-state index in [4.69, 9.17) is 9.47 Å². The highest BCUT2D eigenvalue weighted by Crippen LogP contribution is 2.40. The predicted molar refractivity (Wildman–Crippen MR) is 160 cm³/mol. The maximum absolute atomic E-state index is 13.4. The van der Waals surface area contributed by atoms with Crippen LogP contribution in [0.15, 0.2) is 42.7 Å². The van der Waals surface area contributed by atoms with E-state index in [0.29, 0.717) is 35.2 Å². The molecule has 210 valence electrons. The van der Waals surface area contributed by atoms with Crippen LogP contribution in [0.2, 0.25) is 0 Å². The third-order valence-corrected chi connectivity index (χ3v) is 6.45. The van der Waals surface area contributed by atoms with Crippen LogP contribution in [-0.4, -0.2) is 61.3 Å². The van der Waals surface area contributed by atoms with Crippen LogP contribution in [0.3, 0.4) is 0 Å². The molecule has 0 aliphatic carbocycles. The van der Waals surface area contributed by atoms with E-state index in [-0.39, 0.29) is 11.3 Å². The number of hydrogen-bond donors (Lipinski definition) is 3. The second kappa shape index (κ2) is 13.6. The predicted octanol–water partition coefficient (Wildman–Crippen LogP) is 5.48. The fourth-order valence-electron chi connectivity index (χ4n) is 3.77. The Morgan fingerprint density at radius 2 is 1.82 bits per heavy atom. The molecule has 3 N–H and O–H groups in total. The number of amides is 1. The Morgan fingerprint density at radius 3 is 2.49 bits per heavy atom. The number of carbonyl (C=O) groups is 1. The number of methoxy groups -OCH3 is 1. The molecule has 39 heavy (non-hydrogen) atoms. The molecule has 0 spiro atoms. The van der Waals surface area contributed by atoms with Gasteiger partial charge in [-0.25, -0.2) is 9.97 Å². The molecule has 0 saturated heterocycles. The quantitative estimate of drug-likeness (QED) is 0.199. The highest BCUT2D eigenvalue weighted by Gasteiger charge is 2.21. The van der Waals surface area contributed by atoms with E-state index in [1.165, 1.54) is 18.3 Å². The van der Waals surface area contributed by atoms with Crippen LogP contribution in [0.4, 0.5) is 11.4 Å². The first-order valence-electron chi connectivity index (χ1n) is 12.8. The molecule has 1 heterocycles. The standard InChI is InChI=1S/C29H40N6O3S/c1-19-9-10-20(13-25(19)38-26-16-22(31-18-32-26)17-30-11-12-35(5)6)28(36)33-23-14-21(29(2,3)4)15-24(34-39-8)27(23)37-7/h9-10,13-16,18,30,34H,11-12,17H2,1-8H3,(H,33,36). The van der Waals surface area contributed by atoms with Gasteiger partial charge < -0.3 is 29.7 Å². The van der Waals surface area contributed by atoms with Gasteiger partial charge in [0, 0.05) is 37.5 Å². The Morgan fingerprint density at radius 1 is 1.08 bits per heavy atom. The number of anilines is 2. The lowest BCUT2D eigenvalue weighted by molar-refractivity contribution is 0.102. The second-order valence-corrected chi connectivity index (χ2v) is 11.1. The van der Waals surface area contributed by atoms with Crippen LogP contribution in [0.1, 0.15) is 48.0 Å². The highest BCUT2D eigenvalue weighted by molar-refractivity contribution is 7.99. The summed E-state index contributed by atoms with van der Waals surface area (Å²) in [5.41, 5.74) is 4.51. The molecular formula is C29H40N6O3S. The van der Waals surface area contributed by atoms with Crippen LogP contribution in [0, 0.1) is 6.92 Å². The minimum atomic E-state index is -0.271. The number of aromatic nitrogens is 2. The summed E-state index contributed by atoms with van der Waals surface area (Å²) in [6.07, 6.45) is 3.43. The van der Waals surface area contributed by atoms with Crippen LogP contribution in [-0.2, 0) is 12.0 Å². The lowest BCUT2D eigenvalue weighted by Crippen LogP contribution is -2.26. The third-order valence-electron chi connectivity index (χ3n) is 6.02.